The van der Waals surface area contributed by atoms with E-state index < -0.39 is 0 Å². The van der Waals surface area contributed by atoms with Crippen LogP contribution in [0.5, 0.6) is 0 Å². The molecule has 2 heterocycles. The first-order valence-electron chi connectivity index (χ1n) is 13.2. The molecule has 198 valence electrons. The number of carbonyl (C=O) groups excluding carboxylic acids is 2. The highest BCUT2D eigenvalue weighted by Crippen LogP contribution is 2.28. The number of anilines is 1. The molecule has 1 aromatic heterocycles. The van der Waals surface area contributed by atoms with E-state index in [2.05, 4.69) is 20.2 Å². The number of rotatable bonds is 8. The fraction of sp³-hybridized carbons (Fsp3) is 0.379. The summed E-state index contributed by atoms with van der Waals surface area (Å²) in [5.74, 6) is 1.28. The molecular weight excluding hydrogens is 518 g/mol. The number of hydrogen-bond donors (Lipinski definition) is 1. The topological polar surface area (TPSA) is 78.4 Å². The third-order valence-electron chi connectivity index (χ3n) is 7.18. The minimum absolute atomic E-state index is 0.114. The Morgan fingerprint density at radius 3 is 2.13 bits per heavy atom. The number of aromatic nitrogens is 2. The van der Waals surface area contributed by atoms with Crippen LogP contribution >= 0.6 is 23.4 Å². The van der Waals surface area contributed by atoms with Crippen molar-refractivity contribution < 1.29 is 9.59 Å². The maximum atomic E-state index is 13.0. The quantitative estimate of drug-likeness (QED) is 0.243. The van der Waals surface area contributed by atoms with Gasteiger partial charge in [0.05, 0.1) is 11.8 Å². The number of thioether (sulfide) groups is 1. The van der Waals surface area contributed by atoms with E-state index in [0.29, 0.717) is 42.4 Å². The van der Waals surface area contributed by atoms with Gasteiger partial charge in [-0.25, -0.2) is 9.97 Å². The number of halogens is 1. The van der Waals surface area contributed by atoms with Gasteiger partial charge in [-0.1, -0.05) is 96.9 Å². The second-order valence-electron chi connectivity index (χ2n) is 9.74. The summed E-state index contributed by atoms with van der Waals surface area (Å²) >= 11 is 7.60. The van der Waals surface area contributed by atoms with Gasteiger partial charge in [0.2, 0.25) is 11.8 Å². The lowest BCUT2D eigenvalue weighted by atomic mass is 9.99. The lowest BCUT2D eigenvalue weighted by Gasteiger charge is -2.36. The molecule has 0 spiro atoms. The van der Waals surface area contributed by atoms with Crippen LogP contribution in [0.3, 0.4) is 0 Å². The smallest absolute Gasteiger partial charge is 0.231 e. The maximum Gasteiger partial charge on any atom is 0.231 e. The molecule has 2 fully saturated rings. The molecule has 1 saturated carbocycles. The van der Waals surface area contributed by atoms with Gasteiger partial charge in [-0.3, -0.25) is 9.59 Å². The van der Waals surface area contributed by atoms with Crippen LogP contribution in [-0.4, -0.2) is 58.6 Å². The number of amides is 2. The number of hydrogen-bond acceptors (Lipinski definition) is 6. The number of piperazine rings is 1. The van der Waals surface area contributed by atoms with Gasteiger partial charge in [-0.15, -0.1) is 0 Å². The largest absolute Gasteiger partial charge is 0.353 e. The normalized spacial score (nSPS) is 16.2. The molecule has 0 bridgehead atoms. The molecule has 1 N–H and O–H groups in total. The van der Waals surface area contributed by atoms with Crippen molar-refractivity contribution in [3.8, 4) is 0 Å². The summed E-state index contributed by atoms with van der Waals surface area (Å²) < 4.78 is 0. The second kappa shape index (κ2) is 12.6. The summed E-state index contributed by atoms with van der Waals surface area (Å²) in [7, 11) is 0. The lowest BCUT2D eigenvalue weighted by molar-refractivity contribution is -0.135. The molecule has 5 rings (SSSR count). The Labute approximate surface area is 233 Å². The number of carbonyl (C=O) groups is 2. The highest BCUT2D eigenvalue weighted by molar-refractivity contribution is 7.99. The Hall–Kier alpha value is -3.10. The molecule has 2 amide bonds. The molecule has 1 aliphatic heterocycles. The van der Waals surface area contributed by atoms with Gasteiger partial charge in [0.25, 0.3) is 0 Å². The highest BCUT2D eigenvalue weighted by Gasteiger charge is 2.30. The average Bonchev–Trinajstić information content (AvgIpc) is 3.50. The van der Waals surface area contributed by atoms with E-state index in [0.717, 1.165) is 42.6 Å². The van der Waals surface area contributed by atoms with Gasteiger partial charge in [0.1, 0.15) is 11.0 Å². The van der Waals surface area contributed by atoms with Crippen LogP contribution in [0.1, 0.15) is 42.9 Å². The average molecular weight is 550 g/mol. The zero-order chi connectivity index (χ0) is 26.3. The summed E-state index contributed by atoms with van der Waals surface area (Å²) in [6.07, 6.45) is 4.36. The van der Waals surface area contributed by atoms with E-state index in [4.69, 9.17) is 11.6 Å². The predicted molar refractivity (Wildman–Crippen MR) is 151 cm³/mol. The predicted octanol–water partition coefficient (Wildman–Crippen LogP) is 4.97. The molecule has 38 heavy (non-hydrogen) atoms. The molecule has 0 atom stereocenters. The van der Waals surface area contributed by atoms with Crippen LogP contribution in [0.2, 0.25) is 5.15 Å². The zero-order valence-corrected chi connectivity index (χ0v) is 22.8. The minimum atomic E-state index is -0.246. The van der Waals surface area contributed by atoms with Gasteiger partial charge < -0.3 is 15.1 Å². The van der Waals surface area contributed by atoms with Crippen molar-refractivity contribution >= 4 is 41.0 Å². The van der Waals surface area contributed by atoms with E-state index in [1.54, 1.807) is 6.07 Å². The highest BCUT2D eigenvalue weighted by atomic mass is 35.5. The summed E-state index contributed by atoms with van der Waals surface area (Å²) in [4.78, 5) is 38.9. The number of benzene rings is 2. The molecule has 0 radical (unpaired) electrons. The van der Waals surface area contributed by atoms with Gasteiger partial charge >= 0.3 is 0 Å². The van der Waals surface area contributed by atoms with Crippen molar-refractivity contribution in [2.24, 2.45) is 5.92 Å². The Morgan fingerprint density at radius 2 is 1.53 bits per heavy atom. The summed E-state index contributed by atoms with van der Waals surface area (Å²) in [6, 6.07) is 21.4. The third-order valence-corrected chi connectivity index (χ3v) is 8.23. The molecule has 3 aromatic rings. The van der Waals surface area contributed by atoms with Crippen LogP contribution in [0.25, 0.3) is 0 Å². The Bertz CT molecular complexity index is 1190. The first-order chi connectivity index (χ1) is 18.6. The fourth-order valence-corrected chi connectivity index (χ4v) is 6.07. The van der Waals surface area contributed by atoms with Crippen LogP contribution in [-0.2, 0) is 9.59 Å². The van der Waals surface area contributed by atoms with Gasteiger partial charge in [-0.05, 0) is 24.0 Å². The molecular formula is C29H32ClN5O2S. The van der Waals surface area contributed by atoms with Crippen LogP contribution in [0.4, 0.5) is 5.82 Å². The van der Waals surface area contributed by atoms with E-state index in [9.17, 15) is 9.59 Å². The van der Waals surface area contributed by atoms with Crippen molar-refractivity contribution in [2.75, 3.05) is 36.8 Å². The Kier molecular flexibility index (Phi) is 8.81. The molecule has 2 aromatic carbocycles. The first kappa shape index (κ1) is 26.5. The molecule has 1 saturated heterocycles. The molecule has 9 heteroatoms. The van der Waals surface area contributed by atoms with E-state index in [-0.39, 0.29) is 23.6 Å². The van der Waals surface area contributed by atoms with Gasteiger partial charge in [0, 0.05) is 38.2 Å². The summed E-state index contributed by atoms with van der Waals surface area (Å²) in [5.41, 5.74) is 2.03. The Morgan fingerprint density at radius 1 is 0.921 bits per heavy atom. The molecule has 0 unspecified atom stereocenters. The van der Waals surface area contributed by atoms with E-state index in [1.807, 2.05) is 65.6 Å². The van der Waals surface area contributed by atoms with E-state index >= 15 is 0 Å². The first-order valence-corrected chi connectivity index (χ1v) is 14.5. The van der Waals surface area contributed by atoms with Crippen molar-refractivity contribution in [3.63, 3.8) is 0 Å². The van der Waals surface area contributed by atoms with Crippen LogP contribution < -0.4 is 10.2 Å². The molecule has 1 aliphatic carbocycles. The molecule has 2 aliphatic rings. The van der Waals surface area contributed by atoms with Crippen LogP contribution in [0.15, 0.2) is 71.9 Å². The molecule has 7 nitrogen and oxygen atoms in total. The fourth-order valence-electron chi connectivity index (χ4n) is 5.18. The van der Waals surface area contributed by atoms with E-state index in [1.165, 1.54) is 11.8 Å². The maximum absolute atomic E-state index is 13.0. The summed E-state index contributed by atoms with van der Waals surface area (Å²) in [5, 5.41) is 3.96. The van der Waals surface area contributed by atoms with Crippen molar-refractivity contribution in [3.05, 3.63) is 83.0 Å². The zero-order valence-electron chi connectivity index (χ0n) is 21.3. The van der Waals surface area contributed by atoms with Crippen LogP contribution in [0, 0.1) is 5.92 Å². The third kappa shape index (κ3) is 6.66. The van der Waals surface area contributed by atoms with Gasteiger partial charge in [0.15, 0.2) is 5.16 Å². The van der Waals surface area contributed by atoms with Crippen molar-refractivity contribution in [2.45, 2.75) is 36.9 Å². The lowest BCUT2D eigenvalue weighted by Crippen LogP contribution is -2.50. The Balaban J connectivity index is 1.19. The minimum Gasteiger partial charge on any atom is -0.353 e. The van der Waals surface area contributed by atoms with Crippen molar-refractivity contribution in [1.82, 2.24) is 20.2 Å². The number of nitrogens with one attached hydrogen (secondary N) is 1. The van der Waals surface area contributed by atoms with Gasteiger partial charge in [-0.2, -0.15) is 0 Å². The van der Waals surface area contributed by atoms with Crippen molar-refractivity contribution in [1.29, 1.82) is 0 Å². The number of nitrogens with zero attached hydrogens (tertiary/aromatic N) is 4. The standard InChI is InChI=1S/C29H32ClN5O2S/c30-24-19-25(34-15-17-35(18-16-34)28(37)23-13-7-8-14-23)32-29(31-24)38-20-26(36)33-27(21-9-3-1-4-10-21)22-11-5-2-6-12-22/h1-6,9-12,19,23,27H,7-8,13-18,20H2,(H,33,36). The monoisotopic (exact) mass is 549 g/mol. The summed E-state index contributed by atoms with van der Waals surface area (Å²) in [6.45, 7) is 2.77. The SMILES string of the molecule is O=C(CSc1nc(Cl)cc(N2CCN(C(=O)C3CCCC3)CC2)n1)NC(c1ccccc1)c1ccccc1. The second-order valence-corrected chi connectivity index (χ2v) is 11.1.